The van der Waals surface area contributed by atoms with Crippen molar-refractivity contribution in [3.63, 3.8) is 0 Å². The number of carboxylic acid groups (broad SMARTS) is 1. The third-order valence-electron chi connectivity index (χ3n) is 1.88. The summed E-state index contributed by atoms with van der Waals surface area (Å²) in [6, 6.07) is 5.15. The third-order valence-corrected chi connectivity index (χ3v) is 2.30. The van der Waals surface area contributed by atoms with E-state index in [0.717, 1.165) is 23.3 Å². The molecule has 0 saturated carbocycles. The van der Waals surface area contributed by atoms with Crippen LogP contribution in [0.25, 0.3) is 0 Å². The van der Waals surface area contributed by atoms with E-state index in [2.05, 4.69) is 12.6 Å². The molecule has 0 amide bonds. The van der Waals surface area contributed by atoms with Crippen molar-refractivity contribution in [3.8, 4) is 0 Å². The summed E-state index contributed by atoms with van der Waals surface area (Å²) in [7, 11) is 0. The third kappa shape index (κ3) is 2.25. The van der Waals surface area contributed by atoms with Gasteiger partial charge >= 0.3 is 5.97 Å². The first-order valence-corrected chi connectivity index (χ1v) is 4.65. The van der Waals surface area contributed by atoms with E-state index in [1.54, 1.807) is 12.1 Å². The molecule has 0 aliphatic heterocycles. The van der Waals surface area contributed by atoms with E-state index < -0.39 is 5.97 Å². The fourth-order valence-electron chi connectivity index (χ4n) is 1.29. The van der Waals surface area contributed by atoms with Crippen molar-refractivity contribution in [2.75, 3.05) is 0 Å². The average Bonchev–Trinajstić information content (AvgIpc) is 2.08. The van der Waals surface area contributed by atoms with Gasteiger partial charge in [0.1, 0.15) is 0 Å². The van der Waals surface area contributed by atoms with E-state index in [1.807, 2.05) is 13.0 Å². The maximum Gasteiger partial charge on any atom is 0.336 e. The Hall–Kier alpha value is -0.960. The van der Waals surface area contributed by atoms with Crippen LogP contribution in [0.2, 0.25) is 0 Å². The second-order valence-electron chi connectivity index (χ2n) is 2.86. The van der Waals surface area contributed by atoms with Gasteiger partial charge in [-0.2, -0.15) is 0 Å². The first-order chi connectivity index (χ1) is 6.16. The van der Waals surface area contributed by atoms with Gasteiger partial charge in [0.25, 0.3) is 0 Å². The molecule has 1 rings (SSSR count). The van der Waals surface area contributed by atoms with Gasteiger partial charge in [-0.3, -0.25) is 0 Å². The van der Waals surface area contributed by atoms with Crippen LogP contribution in [0.5, 0.6) is 0 Å². The molecule has 70 valence electrons. The highest BCUT2D eigenvalue weighted by molar-refractivity contribution is 7.80. The summed E-state index contributed by atoms with van der Waals surface area (Å²) in [4.78, 5) is 11.6. The van der Waals surface area contributed by atoms with Crippen molar-refractivity contribution in [3.05, 3.63) is 29.3 Å². The van der Waals surface area contributed by atoms with Crippen molar-refractivity contribution in [1.82, 2.24) is 0 Å². The van der Waals surface area contributed by atoms with Gasteiger partial charge in [-0.25, -0.2) is 4.79 Å². The van der Waals surface area contributed by atoms with Gasteiger partial charge in [-0.05, 0) is 24.1 Å². The molecule has 0 bridgehead atoms. The Bertz CT molecular complexity index is 321. The van der Waals surface area contributed by atoms with E-state index in [1.165, 1.54) is 0 Å². The lowest BCUT2D eigenvalue weighted by Gasteiger charge is -2.06. The van der Waals surface area contributed by atoms with Crippen LogP contribution in [-0.4, -0.2) is 11.1 Å². The van der Waals surface area contributed by atoms with Crippen molar-refractivity contribution in [2.24, 2.45) is 0 Å². The predicted molar refractivity (Wildman–Crippen MR) is 54.6 cm³/mol. The van der Waals surface area contributed by atoms with Gasteiger partial charge in [0.05, 0.1) is 5.56 Å². The predicted octanol–water partition coefficient (Wildman–Crippen LogP) is 2.63. The molecular weight excluding hydrogens is 184 g/mol. The van der Waals surface area contributed by atoms with Gasteiger partial charge in [0.2, 0.25) is 0 Å². The molecule has 13 heavy (non-hydrogen) atoms. The number of carbonyl (C=O) groups is 1. The SMILES string of the molecule is CCCc1c(S)cccc1C(=O)O. The number of thiol groups is 1. The zero-order valence-electron chi connectivity index (χ0n) is 7.45. The molecule has 1 aromatic carbocycles. The highest BCUT2D eigenvalue weighted by atomic mass is 32.1. The van der Waals surface area contributed by atoms with Crippen molar-refractivity contribution < 1.29 is 9.90 Å². The second-order valence-corrected chi connectivity index (χ2v) is 3.34. The van der Waals surface area contributed by atoms with E-state index in [0.29, 0.717) is 5.56 Å². The molecule has 1 N–H and O–H groups in total. The molecule has 0 aliphatic carbocycles. The second kappa shape index (κ2) is 4.33. The first-order valence-electron chi connectivity index (χ1n) is 4.21. The molecule has 0 aromatic heterocycles. The Morgan fingerprint density at radius 3 is 2.77 bits per heavy atom. The Balaban J connectivity index is 3.17. The molecule has 0 radical (unpaired) electrons. The molecule has 0 atom stereocenters. The topological polar surface area (TPSA) is 37.3 Å². The minimum atomic E-state index is -0.876. The van der Waals surface area contributed by atoms with Crippen molar-refractivity contribution >= 4 is 18.6 Å². The van der Waals surface area contributed by atoms with Gasteiger partial charge in [-0.1, -0.05) is 19.4 Å². The molecule has 2 nitrogen and oxygen atoms in total. The largest absolute Gasteiger partial charge is 0.478 e. The molecule has 3 heteroatoms. The fourth-order valence-corrected chi connectivity index (χ4v) is 1.61. The number of benzene rings is 1. The number of aromatic carboxylic acids is 1. The number of carboxylic acids is 1. The molecular formula is C10H12O2S. The monoisotopic (exact) mass is 196 g/mol. The lowest BCUT2D eigenvalue weighted by atomic mass is 10.0. The maximum atomic E-state index is 10.8. The van der Waals surface area contributed by atoms with Crippen LogP contribution in [0, 0.1) is 0 Å². The van der Waals surface area contributed by atoms with E-state index in [4.69, 9.17) is 5.11 Å². The zero-order valence-corrected chi connectivity index (χ0v) is 8.34. The van der Waals surface area contributed by atoms with Crippen molar-refractivity contribution in [2.45, 2.75) is 24.7 Å². The summed E-state index contributed by atoms with van der Waals surface area (Å²) in [6.07, 6.45) is 1.69. The van der Waals surface area contributed by atoms with Gasteiger partial charge in [0.15, 0.2) is 0 Å². The lowest BCUT2D eigenvalue weighted by molar-refractivity contribution is 0.0695. The minimum absolute atomic E-state index is 0.370. The highest BCUT2D eigenvalue weighted by Crippen LogP contribution is 2.20. The molecule has 0 unspecified atom stereocenters. The Labute approximate surface area is 83.0 Å². The van der Waals surface area contributed by atoms with E-state index in [-0.39, 0.29) is 0 Å². The fraction of sp³-hybridized carbons (Fsp3) is 0.300. The van der Waals surface area contributed by atoms with Gasteiger partial charge in [0, 0.05) is 4.90 Å². The molecule has 0 aliphatic rings. The van der Waals surface area contributed by atoms with Crippen molar-refractivity contribution in [1.29, 1.82) is 0 Å². The molecule has 0 saturated heterocycles. The molecule has 0 heterocycles. The standard InChI is InChI=1S/C10H12O2S/c1-2-4-7-8(10(11)12)5-3-6-9(7)13/h3,5-6,13H,2,4H2,1H3,(H,11,12). The summed E-state index contributed by atoms with van der Waals surface area (Å²) >= 11 is 4.23. The highest BCUT2D eigenvalue weighted by Gasteiger charge is 2.10. The molecule has 1 aromatic rings. The van der Waals surface area contributed by atoms with Crippen LogP contribution in [0.15, 0.2) is 23.1 Å². The van der Waals surface area contributed by atoms with Gasteiger partial charge in [-0.15, -0.1) is 12.6 Å². The molecule has 0 spiro atoms. The van der Waals surface area contributed by atoms with E-state index in [9.17, 15) is 4.79 Å². The smallest absolute Gasteiger partial charge is 0.336 e. The van der Waals surface area contributed by atoms with Crippen LogP contribution >= 0.6 is 12.6 Å². The Morgan fingerprint density at radius 2 is 2.23 bits per heavy atom. The molecule has 0 fully saturated rings. The summed E-state index contributed by atoms with van der Waals surface area (Å²) in [5, 5.41) is 8.88. The number of hydrogen-bond donors (Lipinski definition) is 2. The summed E-state index contributed by atoms with van der Waals surface area (Å²) < 4.78 is 0. The summed E-state index contributed by atoms with van der Waals surface area (Å²) in [5.41, 5.74) is 1.20. The summed E-state index contributed by atoms with van der Waals surface area (Å²) in [6.45, 7) is 2.02. The first kappa shape index (κ1) is 10.1. The van der Waals surface area contributed by atoms with Crippen LogP contribution in [0.4, 0.5) is 0 Å². The maximum absolute atomic E-state index is 10.8. The number of rotatable bonds is 3. The Kier molecular flexibility index (Phi) is 3.37. The normalized spacial score (nSPS) is 10.0. The Morgan fingerprint density at radius 1 is 1.54 bits per heavy atom. The minimum Gasteiger partial charge on any atom is -0.478 e. The van der Waals surface area contributed by atoms with Crippen LogP contribution in [0.1, 0.15) is 29.3 Å². The summed E-state index contributed by atoms with van der Waals surface area (Å²) in [5.74, 6) is -0.876. The zero-order chi connectivity index (χ0) is 9.84. The lowest BCUT2D eigenvalue weighted by Crippen LogP contribution is -2.02. The average molecular weight is 196 g/mol. The number of hydrogen-bond acceptors (Lipinski definition) is 2. The van der Waals surface area contributed by atoms with Crippen LogP contribution in [0.3, 0.4) is 0 Å². The van der Waals surface area contributed by atoms with E-state index >= 15 is 0 Å². The quantitative estimate of drug-likeness (QED) is 0.729. The van der Waals surface area contributed by atoms with Gasteiger partial charge < -0.3 is 5.11 Å². The van der Waals surface area contributed by atoms with Crippen LogP contribution < -0.4 is 0 Å². The van der Waals surface area contributed by atoms with Crippen LogP contribution in [-0.2, 0) is 6.42 Å².